The Morgan fingerprint density at radius 3 is 2.33 bits per heavy atom. The quantitative estimate of drug-likeness (QED) is 0.688. The molecule has 0 unspecified atom stereocenters. The Morgan fingerprint density at radius 1 is 1.14 bits per heavy atom. The summed E-state index contributed by atoms with van der Waals surface area (Å²) in [6.07, 6.45) is 2.28. The van der Waals surface area contributed by atoms with E-state index >= 15 is 0 Å². The normalized spacial score (nSPS) is 11.3. The second-order valence-electron chi connectivity index (χ2n) is 4.88. The van der Waals surface area contributed by atoms with Gasteiger partial charge in [-0.3, -0.25) is 4.79 Å². The number of methoxy groups -OCH3 is 1. The first-order chi connectivity index (χ1) is 10.1. The van der Waals surface area contributed by atoms with Gasteiger partial charge in [-0.25, -0.2) is 0 Å². The second kappa shape index (κ2) is 6.27. The molecule has 108 valence electrons. The van der Waals surface area contributed by atoms with Crippen molar-refractivity contribution in [3.05, 3.63) is 64.7 Å². The summed E-state index contributed by atoms with van der Waals surface area (Å²) in [5.74, 6) is 0.984. The van der Waals surface area contributed by atoms with Gasteiger partial charge in [-0.1, -0.05) is 18.2 Å². The molecule has 0 saturated heterocycles. The Hall–Kier alpha value is -2.55. The molecule has 0 radical (unpaired) electrons. The molecule has 0 heterocycles. The highest BCUT2D eigenvalue weighted by molar-refractivity contribution is 5.91. The number of benzene rings is 2. The molecule has 21 heavy (non-hydrogen) atoms. The third kappa shape index (κ3) is 2.97. The van der Waals surface area contributed by atoms with E-state index in [9.17, 15) is 9.90 Å². The lowest BCUT2D eigenvalue weighted by Crippen LogP contribution is -1.95. The van der Waals surface area contributed by atoms with Gasteiger partial charge in [0.15, 0.2) is 0 Å². The summed E-state index contributed by atoms with van der Waals surface area (Å²) in [5.41, 5.74) is 4.04. The fourth-order valence-corrected chi connectivity index (χ4v) is 2.39. The van der Waals surface area contributed by atoms with Crippen molar-refractivity contribution in [1.82, 2.24) is 0 Å². The van der Waals surface area contributed by atoms with Crippen molar-refractivity contribution in [2.24, 2.45) is 0 Å². The predicted molar refractivity (Wildman–Crippen MR) is 83.7 cm³/mol. The Morgan fingerprint density at radius 2 is 1.76 bits per heavy atom. The molecule has 0 spiro atoms. The van der Waals surface area contributed by atoms with Crippen LogP contribution in [0.15, 0.2) is 42.5 Å². The van der Waals surface area contributed by atoms with Crippen LogP contribution in [0, 0.1) is 13.8 Å². The van der Waals surface area contributed by atoms with Gasteiger partial charge in [0.1, 0.15) is 17.8 Å². The van der Waals surface area contributed by atoms with Crippen molar-refractivity contribution in [3.8, 4) is 11.5 Å². The lowest BCUT2D eigenvalue weighted by Gasteiger charge is -2.14. The average molecular weight is 282 g/mol. The number of aryl methyl sites for hydroxylation is 2. The van der Waals surface area contributed by atoms with Gasteiger partial charge in [-0.05, 0) is 60.4 Å². The van der Waals surface area contributed by atoms with Gasteiger partial charge in [0.25, 0.3) is 0 Å². The molecule has 0 amide bonds. The summed E-state index contributed by atoms with van der Waals surface area (Å²) in [4.78, 5) is 11.0. The van der Waals surface area contributed by atoms with Crippen LogP contribution in [-0.2, 0) is 4.79 Å². The van der Waals surface area contributed by atoms with Crippen molar-refractivity contribution in [3.63, 3.8) is 0 Å². The fraction of sp³-hybridized carbons (Fsp3) is 0.167. The lowest BCUT2D eigenvalue weighted by molar-refractivity contribution is -0.104. The maximum absolute atomic E-state index is 11.0. The summed E-state index contributed by atoms with van der Waals surface area (Å²) >= 11 is 0. The van der Waals surface area contributed by atoms with Crippen LogP contribution in [0.2, 0.25) is 0 Å². The first-order valence-corrected chi connectivity index (χ1v) is 6.68. The van der Waals surface area contributed by atoms with Gasteiger partial charge in [0, 0.05) is 5.56 Å². The molecule has 0 bridgehead atoms. The average Bonchev–Trinajstić information content (AvgIpc) is 2.49. The first-order valence-electron chi connectivity index (χ1n) is 6.68. The third-order valence-corrected chi connectivity index (χ3v) is 3.43. The molecule has 0 aromatic heterocycles. The summed E-state index contributed by atoms with van der Waals surface area (Å²) in [6.45, 7) is 3.68. The minimum atomic E-state index is 0.282. The Kier molecular flexibility index (Phi) is 4.43. The SMILES string of the molecule is COc1ccccc1C(=CC=O)c1cc(C)c(O)c(C)c1. The molecule has 0 aliphatic rings. The largest absolute Gasteiger partial charge is 0.507 e. The number of para-hydroxylation sites is 1. The number of aldehydes is 1. The highest BCUT2D eigenvalue weighted by Gasteiger charge is 2.12. The Balaban J connectivity index is 2.65. The molecule has 0 aliphatic heterocycles. The summed E-state index contributed by atoms with van der Waals surface area (Å²) < 4.78 is 5.37. The number of hydrogen-bond donors (Lipinski definition) is 1. The van der Waals surface area contributed by atoms with E-state index in [4.69, 9.17) is 4.74 Å². The van der Waals surface area contributed by atoms with E-state index in [1.165, 1.54) is 6.08 Å². The van der Waals surface area contributed by atoms with Crippen LogP contribution in [0.25, 0.3) is 5.57 Å². The number of ether oxygens (including phenoxy) is 1. The van der Waals surface area contributed by atoms with Crippen molar-refractivity contribution in [2.75, 3.05) is 7.11 Å². The van der Waals surface area contributed by atoms with Gasteiger partial charge in [0.2, 0.25) is 0 Å². The summed E-state index contributed by atoms with van der Waals surface area (Å²) in [7, 11) is 1.60. The van der Waals surface area contributed by atoms with Crippen molar-refractivity contribution >= 4 is 11.9 Å². The molecule has 0 aliphatic carbocycles. The van der Waals surface area contributed by atoms with Gasteiger partial charge in [0.05, 0.1) is 7.11 Å². The van der Waals surface area contributed by atoms with E-state index in [1.54, 1.807) is 7.11 Å². The van der Waals surface area contributed by atoms with E-state index in [1.807, 2.05) is 50.2 Å². The molecule has 0 atom stereocenters. The molecular formula is C18H18O3. The molecule has 3 heteroatoms. The molecule has 0 fully saturated rings. The molecule has 2 aromatic carbocycles. The van der Waals surface area contributed by atoms with Crippen LogP contribution < -0.4 is 4.74 Å². The number of hydrogen-bond acceptors (Lipinski definition) is 3. The van der Waals surface area contributed by atoms with Crippen LogP contribution in [0.1, 0.15) is 22.3 Å². The topological polar surface area (TPSA) is 46.5 Å². The highest BCUT2D eigenvalue weighted by atomic mass is 16.5. The smallest absolute Gasteiger partial charge is 0.143 e. The maximum Gasteiger partial charge on any atom is 0.143 e. The van der Waals surface area contributed by atoms with Crippen molar-refractivity contribution in [2.45, 2.75) is 13.8 Å². The van der Waals surface area contributed by atoms with Crippen LogP contribution >= 0.6 is 0 Å². The number of carbonyl (C=O) groups excluding carboxylic acids is 1. The second-order valence-corrected chi connectivity index (χ2v) is 4.88. The van der Waals surface area contributed by atoms with Gasteiger partial charge < -0.3 is 9.84 Å². The predicted octanol–water partition coefficient (Wildman–Crippen LogP) is 3.65. The fourth-order valence-electron chi connectivity index (χ4n) is 2.39. The van der Waals surface area contributed by atoms with Crippen molar-refractivity contribution < 1.29 is 14.6 Å². The zero-order valence-corrected chi connectivity index (χ0v) is 12.4. The summed E-state index contributed by atoms with van der Waals surface area (Å²) in [6, 6.07) is 11.3. The Bertz CT molecular complexity index is 676. The molecule has 0 saturated carbocycles. The first kappa shape index (κ1) is 14.9. The molecule has 3 nitrogen and oxygen atoms in total. The van der Waals surface area contributed by atoms with Gasteiger partial charge in [-0.15, -0.1) is 0 Å². The van der Waals surface area contributed by atoms with Crippen LogP contribution in [0.3, 0.4) is 0 Å². The Labute approximate surface area is 124 Å². The minimum absolute atomic E-state index is 0.282. The highest BCUT2D eigenvalue weighted by Crippen LogP contribution is 2.33. The molecule has 2 rings (SSSR count). The molecule has 1 N–H and O–H groups in total. The zero-order chi connectivity index (χ0) is 15.4. The number of phenols is 1. The van der Waals surface area contributed by atoms with E-state index in [2.05, 4.69) is 0 Å². The van der Waals surface area contributed by atoms with Gasteiger partial charge in [-0.2, -0.15) is 0 Å². The van der Waals surface area contributed by atoms with Crippen LogP contribution in [-0.4, -0.2) is 18.5 Å². The van der Waals surface area contributed by atoms with E-state index in [0.717, 1.165) is 34.1 Å². The minimum Gasteiger partial charge on any atom is -0.507 e. The van der Waals surface area contributed by atoms with Crippen LogP contribution in [0.5, 0.6) is 11.5 Å². The summed E-state index contributed by atoms with van der Waals surface area (Å²) in [5, 5.41) is 9.90. The number of allylic oxidation sites excluding steroid dienone is 1. The lowest BCUT2D eigenvalue weighted by atomic mass is 9.93. The third-order valence-electron chi connectivity index (χ3n) is 3.43. The van der Waals surface area contributed by atoms with Crippen molar-refractivity contribution in [1.29, 1.82) is 0 Å². The zero-order valence-electron chi connectivity index (χ0n) is 12.4. The number of phenolic OH excluding ortho intramolecular Hbond substituents is 1. The van der Waals surface area contributed by atoms with Crippen LogP contribution in [0.4, 0.5) is 0 Å². The van der Waals surface area contributed by atoms with E-state index in [0.29, 0.717) is 5.75 Å². The van der Waals surface area contributed by atoms with Gasteiger partial charge >= 0.3 is 0 Å². The maximum atomic E-state index is 11.0. The van der Waals surface area contributed by atoms with E-state index < -0.39 is 0 Å². The number of rotatable bonds is 4. The van der Waals surface area contributed by atoms with E-state index in [-0.39, 0.29) is 5.75 Å². The number of carbonyl (C=O) groups is 1. The number of aromatic hydroxyl groups is 1. The monoisotopic (exact) mass is 282 g/mol. The standard InChI is InChI=1S/C18H18O3/c1-12-10-14(11-13(2)18(12)20)15(8-9-19)16-6-4-5-7-17(16)21-3/h4-11,20H,1-3H3. The molecule has 2 aromatic rings. The molecular weight excluding hydrogens is 264 g/mol.